The van der Waals surface area contributed by atoms with Gasteiger partial charge in [-0.15, -0.1) is 0 Å². The summed E-state index contributed by atoms with van der Waals surface area (Å²) < 4.78 is 5.32. The first-order valence-electron chi connectivity index (χ1n) is 9.23. The average molecular weight is 417 g/mol. The van der Waals surface area contributed by atoms with E-state index in [1.54, 1.807) is 6.92 Å². The van der Waals surface area contributed by atoms with Crippen LogP contribution in [0.3, 0.4) is 0 Å². The van der Waals surface area contributed by atoms with Gasteiger partial charge in [0.15, 0.2) is 5.13 Å². The van der Waals surface area contributed by atoms with Gasteiger partial charge in [0.25, 0.3) is 11.8 Å². The van der Waals surface area contributed by atoms with Crippen LogP contribution in [0.25, 0.3) is 0 Å². The van der Waals surface area contributed by atoms with Gasteiger partial charge in [-0.2, -0.15) is 0 Å². The van der Waals surface area contributed by atoms with E-state index >= 15 is 0 Å². The quantitative estimate of drug-likeness (QED) is 0.587. The van der Waals surface area contributed by atoms with E-state index in [9.17, 15) is 14.4 Å². The highest BCUT2D eigenvalue weighted by atomic mass is 32.1. The molecule has 0 atom stereocenters. The van der Waals surface area contributed by atoms with E-state index in [2.05, 4.69) is 26.1 Å². The van der Waals surface area contributed by atoms with Crippen molar-refractivity contribution in [1.82, 2.24) is 21.2 Å². The number of nitrogens with zero attached hydrogens (tertiary/aromatic N) is 2. The highest BCUT2D eigenvalue weighted by molar-refractivity contribution is 7.17. The predicted molar refractivity (Wildman–Crippen MR) is 109 cm³/mol. The van der Waals surface area contributed by atoms with Crippen LogP contribution in [0.2, 0.25) is 0 Å². The van der Waals surface area contributed by atoms with Crippen molar-refractivity contribution in [3.05, 3.63) is 46.5 Å². The average Bonchev–Trinajstić information content (AvgIpc) is 3.13. The number of hydrogen-bond acceptors (Lipinski definition) is 7. The highest BCUT2D eigenvalue weighted by Crippen LogP contribution is 2.26. The van der Waals surface area contributed by atoms with Crippen LogP contribution in [0.4, 0.5) is 5.13 Å². The van der Waals surface area contributed by atoms with Gasteiger partial charge in [0, 0.05) is 13.1 Å². The Bertz CT molecular complexity index is 865. The number of carbonyl (C=O) groups is 3. The van der Waals surface area contributed by atoms with Gasteiger partial charge < -0.3 is 15.0 Å². The van der Waals surface area contributed by atoms with Crippen molar-refractivity contribution in [3.8, 4) is 0 Å². The summed E-state index contributed by atoms with van der Waals surface area (Å²) in [6.45, 7) is 4.24. The van der Waals surface area contributed by atoms with Crippen molar-refractivity contribution in [2.45, 2.75) is 13.3 Å². The Balaban J connectivity index is 1.43. The van der Waals surface area contributed by atoms with Gasteiger partial charge in [0.2, 0.25) is 5.91 Å². The number of thiazole rings is 1. The molecular formula is C19H23N5O4S. The molecule has 1 aromatic heterocycles. The fourth-order valence-electron chi connectivity index (χ4n) is 2.73. The molecule has 1 aliphatic rings. The molecule has 1 aliphatic heterocycles. The standard InChI is InChI=1S/C19H23N5O4S/c1-13-17(29-19(21-13)24-7-9-28-10-8-24)18(27)23-22-16(26)12-20-15(25)11-14-5-3-2-4-6-14/h2-6H,7-12H2,1H3,(H,20,25)(H,22,26)(H,23,27). The number of ether oxygens (including phenoxy) is 1. The van der Waals surface area contributed by atoms with Crippen LogP contribution in [0.5, 0.6) is 0 Å². The number of benzene rings is 1. The molecule has 9 nitrogen and oxygen atoms in total. The van der Waals surface area contributed by atoms with Crippen molar-refractivity contribution in [2.24, 2.45) is 0 Å². The van der Waals surface area contributed by atoms with Crippen LogP contribution in [-0.2, 0) is 20.7 Å². The van der Waals surface area contributed by atoms with Crippen LogP contribution >= 0.6 is 11.3 Å². The van der Waals surface area contributed by atoms with Gasteiger partial charge in [0.05, 0.1) is 31.9 Å². The minimum atomic E-state index is -0.518. The molecule has 29 heavy (non-hydrogen) atoms. The molecule has 2 aromatic rings. The maximum atomic E-state index is 12.4. The third-order valence-electron chi connectivity index (χ3n) is 4.24. The normalized spacial score (nSPS) is 13.6. The summed E-state index contributed by atoms with van der Waals surface area (Å²) in [6.07, 6.45) is 0.185. The van der Waals surface area contributed by atoms with Gasteiger partial charge in [-0.05, 0) is 12.5 Å². The zero-order chi connectivity index (χ0) is 20.6. The summed E-state index contributed by atoms with van der Waals surface area (Å²) in [4.78, 5) is 43.1. The predicted octanol–water partition coefficient (Wildman–Crippen LogP) is 0.408. The summed E-state index contributed by atoms with van der Waals surface area (Å²) >= 11 is 1.27. The Hall–Kier alpha value is -2.98. The number of aromatic nitrogens is 1. The molecule has 10 heteroatoms. The second-order valence-corrected chi connectivity index (χ2v) is 7.43. The van der Waals surface area contributed by atoms with Crippen molar-refractivity contribution in [2.75, 3.05) is 37.7 Å². The molecule has 1 aromatic carbocycles. The lowest BCUT2D eigenvalue weighted by atomic mass is 10.1. The number of morpholine rings is 1. The molecule has 3 N–H and O–H groups in total. The third-order valence-corrected chi connectivity index (χ3v) is 5.46. The summed E-state index contributed by atoms with van der Waals surface area (Å²) in [5.74, 6) is -1.23. The monoisotopic (exact) mass is 417 g/mol. The maximum absolute atomic E-state index is 12.4. The summed E-state index contributed by atoms with van der Waals surface area (Å²) in [7, 11) is 0. The van der Waals surface area contributed by atoms with Crippen LogP contribution in [0, 0.1) is 6.92 Å². The molecular weight excluding hydrogens is 394 g/mol. The van der Waals surface area contributed by atoms with E-state index in [4.69, 9.17) is 4.74 Å². The smallest absolute Gasteiger partial charge is 0.281 e. The van der Waals surface area contributed by atoms with E-state index in [0.29, 0.717) is 23.8 Å². The van der Waals surface area contributed by atoms with Gasteiger partial charge in [-0.1, -0.05) is 41.7 Å². The number of nitrogens with one attached hydrogen (secondary N) is 3. The van der Waals surface area contributed by atoms with Crippen LogP contribution in [0.1, 0.15) is 20.9 Å². The Kier molecular flexibility index (Phi) is 7.14. The topological polar surface area (TPSA) is 113 Å². The fraction of sp³-hybridized carbons (Fsp3) is 0.368. The van der Waals surface area contributed by atoms with Crippen LogP contribution in [0.15, 0.2) is 30.3 Å². The molecule has 0 radical (unpaired) electrons. The summed E-state index contributed by atoms with van der Waals surface area (Å²) in [5.41, 5.74) is 6.13. The number of carbonyl (C=O) groups excluding carboxylic acids is 3. The number of rotatable bonds is 6. The van der Waals surface area contributed by atoms with E-state index in [1.807, 2.05) is 30.3 Å². The number of amides is 3. The summed E-state index contributed by atoms with van der Waals surface area (Å²) in [6, 6.07) is 9.23. The Morgan fingerprint density at radius 1 is 1.10 bits per heavy atom. The van der Waals surface area contributed by atoms with E-state index in [-0.39, 0.29) is 18.9 Å². The first-order chi connectivity index (χ1) is 14.0. The lowest BCUT2D eigenvalue weighted by Crippen LogP contribution is -2.46. The highest BCUT2D eigenvalue weighted by Gasteiger charge is 2.20. The maximum Gasteiger partial charge on any atom is 0.281 e. The second kappa shape index (κ2) is 9.99. The molecule has 3 rings (SSSR count). The first-order valence-corrected chi connectivity index (χ1v) is 10.0. The number of aryl methyl sites for hydroxylation is 1. The lowest BCUT2D eigenvalue weighted by molar-refractivity contribution is -0.126. The van der Waals surface area contributed by atoms with Crippen molar-refractivity contribution >= 4 is 34.2 Å². The molecule has 3 amide bonds. The van der Waals surface area contributed by atoms with E-state index in [0.717, 1.165) is 23.8 Å². The molecule has 2 heterocycles. The zero-order valence-corrected chi connectivity index (χ0v) is 16.9. The van der Waals surface area contributed by atoms with Crippen molar-refractivity contribution in [1.29, 1.82) is 0 Å². The molecule has 1 fully saturated rings. The zero-order valence-electron chi connectivity index (χ0n) is 16.1. The number of hydrazine groups is 1. The molecule has 0 unspecified atom stereocenters. The number of anilines is 1. The van der Waals surface area contributed by atoms with Crippen molar-refractivity contribution < 1.29 is 19.1 Å². The third kappa shape index (κ3) is 6.00. The van der Waals surface area contributed by atoms with Gasteiger partial charge in [-0.25, -0.2) is 4.98 Å². The minimum Gasteiger partial charge on any atom is -0.378 e. The Labute approximate surface area is 172 Å². The molecule has 0 bridgehead atoms. The van der Waals surface area contributed by atoms with Gasteiger partial charge >= 0.3 is 0 Å². The molecule has 0 saturated carbocycles. The molecule has 0 aliphatic carbocycles. The molecule has 1 saturated heterocycles. The minimum absolute atomic E-state index is 0.185. The Morgan fingerprint density at radius 2 is 1.83 bits per heavy atom. The Morgan fingerprint density at radius 3 is 2.55 bits per heavy atom. The van der Waals surface area contributed by atoms with Crippen LogP contribution < -0.4 is 21.1 Å². The molecule has 154 valence electrons. The lowest BCUT2D eigenvalue weighted by Gasteiger charge is -2.25. The first kappa shape index (κ1) is 20.7. The number of hydrogen-bond donors (Lipinski definition) is 3. The van der Waals surface area contributed by atoms with Gasteiger partial charge in [-0.3, -0.25) is 25.2 Å². The fourth-order valence-corrected chi connectivity index (χ4v) is 3.75. The largest absolute Gasteiger partial charge is 0.378 e. The van der Waals surface area contributed by atoms with Gasteiger partial charge in [0.1, 0.15) is 4.88 Å². The van der Waals surface area contributed by atoms with E-state index < -0.39 is 11.8 Å². The van der Waals surface area contributed by atoms with Crippen molar-refractivity contribution in [3.63, 3.8) is 0 Å². The second-order valence-electron chi connectivity index (χ2n) is 6.45. The summed E-state index contributed by atoms with van der Waals surface area (Å²) in [5, 5.41) is 3.28. The van der Waals surface area contributed by atoms with Crippen LogP contribution in [-0.4, -0.2) is 55.6 Å². The van der Waals surface area contributed by atoms with E-state index in [1.165, 1.54) is 11.3 Å². The SMILES string of the molecule is Cc1nc(N2CCOCC2)sc1C(=O)NNC(=O)CNC(=O)Cc1ccccc1. The molecule has 0 spiro atoms.